The monoisotopic (exact) mass is 383 g/mol. The van der Waals surface area contributed by atoms with Gasteiger partial charge >= 0.3 is 0 Å². The standard InChI is InChI=1S/C22H25NO5/c1-13(2)27-11-9-23-19(17-6-5-10-28-17)18(21(25)22(23)26)20(24)16-8-7-14(3)15(4)12-16/h5-8,10,12-13,19,24H,9,11H2,1-4H3/b20-18-. The summed E-state index contributed by atoms with van der Waals surface area (Å²) in [4.78, 5) is 26.9. The Morgan fingerprint density at radius 2 is 1.96 bits per heavy atom. The number of ketones is 1. The van der Waals surface area contributed by atoms with Crippen molar-refractivity contribution in [2.75, 3.05) is 13.2 Å². The van der Waals surface area contributed by atoms with Crippen molar-refractivity contribution in [2.24, 2.45) is 0 Å². The van der Waals surface area contributed by atoms with Gasteiger partial charge in [-0.05, 0) is 57.0 Å². The Morgan fingerprint density at radius 1 is 1.21 bits per heavy atom. The van der Waals surface area contributed by atoms with Crippen LogP contribution in [0.15, 0.2) is 46.6 Å². The van der Waals surface area contributed by atoms with E-state index in [0.29, 0.717) is 11.3 Å². The van der Waals surface area contributed by atoms with Crippen molar-refractivity contribution in [3.05, 3.63) is 64.6 Å². The van der Waals surface area contributed by atoms with E-state index in [1.165, 1.54) is 11.2 Å². The summed E-state index contributed by atoms with van der Waals surface area (Å²) in [5.74, 6) is -1.16. The Balaban J connectivity index is 2.05. The third kappa shape index (κ3) is 3.73. The van der Waals surface area contributed by atoms with Crippen LogP contribution in [0.5, 0.6) is 0 Å². The minimum Gasteiger partial charge on any atom is -0.507 e. The lowest BCUT2D eigenvalue weighted by Crippen LogP contribution is -2.33. The number of ether oxygens (including phenoxy) is 1. The molecule has 1 aromatic carbocycles. The zero-order chi connectivity index (χ0) is 20.4. The maximum atomic E-state index is 12.8. The molecule has 1 saturated heterocycles. The van der Waals surface area contributed by atoms with Crippen molar-refractivity contribution in [3.63, 3.8) is 0 Å². The number of furan rings is 1. The Bertz CT molecular complexity index is 911. The molecule has 1 fully saturated rings. The molecule has 0 aliphatic carbocycles. The van der Waals surface area contributed by atoms with Crippen molar-refractivity contribution >= 4 is 17.4 Å². The van der Waals surface area contributed by atoms with E-state index in [4.69, 9.17) is 9.15 Å². The molecular formula is C22H25NO5. The summed E-state index contributed by atoms with van der Waals surface area (Å²) >= 11 is 0. The summed E-state index contributed by atoms with van der Waals surface area (Å²) in [7, 11) is 0. The molecule has 0 saturated carbocycles. The van der Waals surface area contributed by atoms with E-state index < -0.39 is 17.7 Å². The molecule has 1 aliphatic rings. The number of carbonyl (C=O) groups excluding carboxylic acids is 2. The Kier molecular flexibility index (Phi) is 5.70. The Hall–Kier alpha value is -2.86. The Morgan fingerprint density at radius 3 is 2.57 bits per heavy atom. The molecule has 6 nitrogen and oxygen atoms in total. The van der Waals surface area contributed by atoms with Crippen LogP contribution in [0.4, 0.5) is 0 Å². The molecule has 1 aliphatic heterocycles. The average molecular weight is 383 g/mol. The van der Waals surface area contributed by atoms with Crippen LogP contribution in [0.25, 0.3) is 5.76 Å². The molecule has 1 atom stereocenters. The summed E-state index contributed by atoms with van der Waals surface area (Å²) < 4.78 is 11.0. The van der Waals surface area contributed by atoms with Gasteiger partial charge in [-0.25, -0.2) is 0 Å². The average Bonchev–Trinajstić information content (AvgIpc) is 3.25. The van der Waals surface area contributed by atoms with Crippen LogP contribution in [-0.2, 0) is 14.3 Å². The van der Waals surface area contributed by atoms with Gasteiger partial charge in [0.15, 0.2) is 0 Å². The minimum absolute atomic E-state index is 0.00872. The van der Waals surface area contributed by atoms with Gasteiger partial charge in [0.25, 0.3) is 11.7 Å². The summed E-state index contributed by atoms with van der Waals surface area (Å²) in [6, 6.07) is 8.02. The number of aliphatic hydroxyl groups excluding tert-OH is 1. The number of rotatable bonds is 6. The summed E-state index contributed by atoms with van der Waals surface area (Å²) in [6.07, 6.45) is 1.49. The second-order valence-corrected chi connectivity index (χ2v) is 7.23. The van der Waals surface area contributed by atoms with Gasteiger partial charge in [0.05, 0.1) is 24.5 Å². The highest BCUT2D eigenvalue weighted by molar-refractivity contribution is 6.46. The fourth-order valence-electron chi connectivity index (χ4n) is 3.28. The van der Waals surface area contributed by atoms with E-state index in [0.717, 1.165) is 11.1 Å². The van der Waals surface area contributed by atoms with Crippen molar-refractivity contribution < 1.29 is 23.8 Å². The number of hydrogen-bond acceptors (Lipinski definition) is 5. The predicted octanol–water partition coefficient (Wildman–Crippen LogP) is 3.74. The normalized spacial score (nSPS) is 19.0. The van der Waals surface area contributed by atoms with Gasteiger partial charge in [0.2, 0.25) is 0 Å². The molecule has 0 bridgehead atoms. The van der Waals surface area contributed by atoms with E-state index in [-0.39, 0.29) is 30.6 Å². The van der Waals surface area contributed by atoms with Gasteiger partial charge in [-0.15, -0.1) is 0 Å². The molecule has 28 heavy (non-hydrogen) atoms. The number of aliphatic hydroxyl groups is 1. The summed E-state index contributed by atoms with van der Waals surface area (Å²) in [6.45, 7) is 8.20. The quantitative estimate of drug-likeness (QED) is 0.467. The number of amides is 1. The second kappa shape index (κ2) is 8.02. The molecule has 3 rings (SSSR count). The number of Topliss-reactive ketones (excluding diaryl/α,β-unsaturated/α-hetero) is 1. The first kappa shape index (κ1) is 19.9. The van der Waals surface area contributed by atoms with Crippen LogP contribution in [-0.4, -0.2) is 41.0 Å². The minimum atomic E-state index is -0.785. The van der Waals surface area contributed by atoms with Crippen LogP contribution >= 0.6 is 0 Å². The fraction of sp³-hybridized carbons (Fsp3) is 0.364. The van der Waals surface area contributed by atoms with Gasteiger partial charge in [0, 0.05) is 12.1 Å². The first-order valence-corrected chi connectivity index (χ1v) is 9.32. The van der Waals surface area contributed by atoms with Gasteiger partial charge < -0.3 is 19.2 Å². The fourth-order valence-corrected chi connectivity index (χ4v) is 3.28. The van der Waals surface area contributed by atoms with Crippen LogP contribution in [0.2, 0.25) is 0 Å². The number of hydrogen-bond donors (Lipinski definition) is 1. The number of carbonyl (C=O) groups is 2. The molecule has 1 aromatic heterocycles. The molecule has 6 heteroatoms. The number of benzene rings is 1. The van der Waals surface area contributed by atoms with Crippen LogP contribution < -0.4 is 0 Å². The molecule has 0 spiro atoms. The highest BCUT2D eigenvalue weighted by Crippen LogP contribution is 2.39. The maximum Gasteiger partial charge on any atom is 0.295 e. The topological polar surface area (TPSA) is 80.0 Å². The van der Waals surface area contributed by atoms with E-state index in [2.05, 4.69) is 0 Å². The van der Waals surface area contributed by atoms with Gasteiger partial charge in [-0.2, -0.15) is 0 Å². The lowest BCUT2D eigenvalue weighted by molar-refractivity contribution is -0.140. The number of nitrogens with zero attached hydrogens (tertiary/aromatic N) is 1. The van der Waals surface area contributed by atoms with Crippen LogP contribution in [0, 0.1) is 13.8 Å². The second-order valence-electron chi connectivity index (χ2n) is 7.23. The van der Waals surface area contributed by atoms with E-state index in [1.54, 1.807) is 24.3 Å². The summed E-state index contributed by atoms with van der Waals surface area (Å²) in [5.41, 5.74) is 2.59. The lowest BCUT2D eigenvalue weighted by atomic mass is 9.97. The molecule has 1 amide bonds. The maximum absolute atomic E-state index is 12.8. The first-order chi connectivity index (χ1) is 13.3. The highest BCUT2D eigenvalue weighted by atomic mass is 16.5. The molecule has 2 heterocycles. The molecule has 2 aromatic rings. The van der Waals surface area contributed by atoms with E-state index in [9.17, 15) is 14.7 Å². The van der Waals surface area contributed by atoms with Crippen molar-refractivity contribution in [2.45, 2.75) is 39.8 Å². The van der Waals surface area contributed by atoms with Crippen LogP contribution in [0.3, 0.4) is 0 Å². The van der Waals surface area contributed by atoms with E-state index >= 15 is 0 Å². The zero-order valence-electron chi connectivity index (χ0n) is 16.6. The SMILES string of the molecule is Cc1ccc(/C(O)=C2/C(=O)C(=O)N(CCOC(C)C)C2c2ccco2)cc1C. The molecule has 1 N–H and O–H groups in total. The van der Waals surface area contributed by atoms with Crippen molar-refractivity contribution in [1.29, 1.82) is 0 Å². The first-order valence-electron chi connectivity index (χ1n) is 9.32. The third-order valence-electron chi connectivity index (χ3n) is 4.92. The molecule has 148 valence electrons. The van der Waals surface area contributed by atoms with Gasteiger partial charge in [-0.3, -0.25) is 9.59 Å². The zero-order valence-corrected chi connectivity index (χ0v) is 16.6. The molecular weight excluding hydrogens is 358 g/mol. The third-order valence-corrected chi connectivity index (χ3v) is 4.92. The lowest BCUT2D eigenvalue weighted by Gasteiger charge is -2.23. The van der Waals surface area contributed by atoms with Gasteiger partial charge in [-0.1, -0.05) is 12.1 Å². The van der Waals surface area contributed by atoms with E-state index in [1.807, 2.05) is 33.8 Å². The van der Waals surface area contributed by atoms with Crippen molar-refractivity contribution in [1.82, 2.24) is 4.90 Å². The number of aryl methyl sites for hydroxylation is 2. The van der Waals surface area contributed by atoms with Gasteiger partial charge in [0.1, 0.15) is 17.6 Å². The van der Waals surface area contributed by atoms with Crippen LogP contribution in [0.1, 0.15) is 42.3 Å². The van der Waals surface area contributed by atoms with Crippen molar-refractivity contribution in [3.8, 4) is 0 Å². The smallest absolute Gasteiger partial charge is 0.295 e. The largest absolute Gasteiger partial charge is 0.507 e. The molecule has 1 unspecified atom stereocenters. The highest BCUT2D eigenvalue weighted by Gasteiger charge is 2.47. The predicted molar refractivity (Wildman–Crippen MR) is 105 cm³/mol. The number of likely N-dealkylation sites (tertiary alicyclic amines) is 1. The molecule has 0 radical (unpaired) electrons. The Labute approximate surface area is 164 Å². The summed E-state index contributed by atoms with van der Waals surface area (Å²) in [5, 5.41) is 10.9.